The van der Waals surface area contributed by atoms with Gasteiger partial charge >= 0.3 is 6.36 Å². The van der Waals surface area contributed by atoms with Gasteiger partial charge in [-0.15, -0.1) is 13.2 Å². The van der Waals surface area contributed by atoms with Gasteiger partial charge in [-0.1, -0.05) is 0 Å². The van der Waals surface area contributed by atoms with Gasteiger partial charge < -0.3 is 14.5 Å². The van der Waals surface area contributed by atoms with Gasteiger partial charge in [0.05, 0.1) is 5.69 Å². The fraction of sp³-hybridized carbons (Fsp3) is 0.231. The van der Waals surface area contributed by atoms with E-state index in [1.165, 1.54) is 48.7 Å². The predicted molar refractivity (Wildman–Crippen MR) is 131 cm³/mol. The summed E-state index contributed by atoms with van der Waals surface area (Å²) in [6, 6.07) is 12.5. The number of hydrogen-bond donors (Lipinski definition) is 1. The molecule has 3 heterocycles. The van der Waals surface area contributed by atoms with Crippen LogP contribution in [0, 0.1) is 5.82 Å². The van der Waals surface area contributed by atoms with E-state index in [4.69, 9.17) is 4.42 Å². The van der Waals surface area contributed by atoms with Crippen LogP contribution < -0.4 is 10.1 Å². The minimum absolute atomic E-state index is 0.0674. The normalized spacial score (nSPS) is 16.5. The highest BCUT2D eigenvalue weighted by Crippen LogP contribution is 2.31. The van der Waals surface area contributed by atoms with E-state index in [1.807, 2.05) is 0 Å². The predicted octanol–water partition coefficient (Wildman–Crippen LogP) is 5.00. The van der Waals surface area contributed by atoms with Crippen LogP contribution in [0.3, 0.4) is 0 Å². The maximum Gasteiger partial charge on any atom is 0.573 e. The number of fused-ring (bicyclic) bond motifs is 1. The van der Waals surface area contributed by atoms with Gasteiger partial charge in [-0.05, 0) is 73.0 Å². The Hall–Kier alpha value is -3.97. The first-order valence-corrected chi connectivity index (χ1v) is 13.2. The number of furan rings is 1. The molecule has 0 spiro atoms. The van der Waals surface area contributed by atoms with Crippen LogP contribution in [0.1, 0.15) is 18.4 Å². The van der Waals surface area contributed by atoms with Gasteiger partial charge in [-0.3, -0.25) is 9.78 Å². The molecule has 4 aromatic rings. The van der Waals surface area contributed by atoms with E-state index in [1.54, 1.807) is 12.1 Å². The van der Waals surface area contributed by atoms with Crippen LogP contribution in [-0.2, 0) is 21.4 Å². The summed E-state index contributed by atoms with van der Waals surface area (Å²) in [5.74, 6) is -1.39. The molecule has 5 rings (SSSR count). The Morgan fingerprint density at radius 2 is 1.87 bits per heavy atom. The number of carbonyl (C=O) groups is 1. The summed E-state index contributed by atoms with van der Waals surface area (Å²) in [7, 11) is -4.16. The number of carbonyl (C=O) groups excluding carboxylic acids is 1. The number of benzene rings is 2. The summed E-state index contributed by atoms with van der Waals surface area (Å²) in [4.78, 5) is 17.2. The van der Waals surface area contributed by atoms with Crippen molar-refractivity contribution in [1.29, 1.82) is 0 Å². The van der Waals surface area contributed by atoms with Crippen molar-refractivity contribution in [2.24, 2.45) is 0 Å². The van der Waals surface area contributed by atoms with E-state index < -0.39 is 34.2 Å². The number of hydrogen-bond acceptors (Lipinski definition) is 6. The number of ether oxygens (including phenoxy) is 1. The molecular formula is C26H21F4N3O5S. The number of nitrogens with one attached hydrogen (secondary N) is 1. The van der Waals surface area contributed by atoms with Gasteiger partial charge in [0.2, 0.25) is 11.0 Å². The second-order valence-corrected chi connectivity index (χ2v) is 10.7. The van der Waals surface area contributed by atoms with E-state index in [0.29, 0.717) is 35.0 Å². The molecule has 1 fully saturated rings. The molecule has 1 atom stereocenters. The number of sulfonamides is 1. The third-order valence-electron chi connectivity index (χ3n) is 6.20. The maximum atomic E-state index is 13.5. The molecule has 0 radical (unpaired) electrons. The minimum Gasteiger partial charge on any atom is -0.443 e. The monoisotopic (exact) mass is 563 g/mol. The second-order valence-electron chi connectivity index (χ2n) is 8.86. The van der Waals surface area contributed by atoms with E-state index >= 15 is 0 Å². The maximum absolute atomic E-state index is 13.5. The van der Waals surface area contributed by atoms with Crippen LogP contribution >= 0.6 is 0 Å². The van der Waals surface area contributed by atoms with Crippen molar-refractivity contribution in [2.45, 2.75) is 36.9 Å². The van der Waals surface area contributed by atoms with Crippen molar-refractivity contribution in [3.63, 3.8) is 0 Å². The van der Waals surface area contributed by atoms with Crippen molar-refractivity contribution < 1.29 is 39.9 Å². The molecule has 39 heavy (non-hydrogen) atoms. The Kier molecular flexibility index (Phi) is 7.03. The SMILES string of the molecule is O=C(NCc1ccnc(-c2ccc(OC(F)(F)F)cc2)c1)C1CCCN1S(=O)(=O)c1cc2cc(F)ccc2o1. The molecule has 1 amide bonds. The standard InChI is InChI=1S/C26H21F4N3O5S/c27-19-5-8-23-18(13-19)14-24(37-23)39(35,36)33-11-1-2-22(33)25(34)32-15-16-9-10-31-21(12-16)17-3-6-20(7-4-17)38-26(28,29)30/h3-10,12-14,22H,1-2,11,15H2,(H,32,34). The van der Waals surface area contributed by atoms with Gasteiger partial charge in [0, 0.05) is 36.3 Å². The van der Waals surface area contributed by atoms with Crippen molar-refractivity contribution in [3.05, 3.63) is 78.2 Å². The Labute approximate surface area is 220 Å². The third kappa shape index (κ3) is 5.88. The van der Waals surface area contributed by atoms with Crippen LogP contribution in [-0.4, -0.2) is 42.6 Å². The number of alkyl halides is 3. The molecular weight excluding hydrogens is 542 g/mol. The molecule has 1 saturated heterocycles. The molecule has 13 heteroatoms. The second kappa shape index (κ2) is 10.3. The average Bonchev–Trinajstić information content (AvgIpc) is 3.55. The summed E-state index contributed by atoms with van der Waals surface area (Å²) in [5, 5.41) is 2.67. The number of aromatic nitrogens is 1. The molecule has 1 aliphatic heterocycles. The topological polar surface area (TPSA) is 102 Å². The Morgan fingerprint density at radius 1 is 1.10 bits per heavy atom. The highest BCUT2D eigenvalue weighted by molar-refractivity contribution is 7.89. The fourth-order valence-electron chi connectivity index (χ4n) is 4.40. The third-order valence-corrected chi connectivity index (χ3v) is 7.96. The number of nitrogens with zero attached hydrogens (tertiary/aromatic N) is 2. The first-order valence-electron chi connectivity index (χ1n) is 11.8. The summed E-state index contributed by atoms with van der Waals surface area (Å²) < 4.78 is 87.6. The molecule has 1 N–H and O–H groups in total. The molecule has 2 aromatic carbocycles. The van der Waals surface area contributed by atoms with Crippen molar-refractivity contribution in [2.75, 3.05) is 6.54 Å². The van der Waals surface area contributed by atoms with E-state index in [2.05, 4.69) is 15.0 Å². The fourth-order valence-corrected chi connectivity index (χ4v) is 6.01. The van der Waals surface area contributed by atoms with Crippen molar-refractivity contribution in [3.8, 4) is 17.0 Å². The lowest BCUT2D eigenvalue weighted by Gasteiger charge is -2.22. The molecule has 1 unspecified atom stereocenters. The first kappa shape index (κ1) is 26.6. The zero-order chi connectivity index (χ0) is 27.8. The zero-order valence-corrected chi connectivity index (χ0v) is 20.9. The van der Waals surface area contributed by atoms with Crippen LogP contribution in [0.5, 0.6) is 5.75 Å². The molecule has 8 nitrogen and oxygen atoms in total. The largest absolute Gasteiger partial charge is 0.573 e. The summed E-state index contributed by atoms with van der Waals surface area (Å²) in [5.41, 5.74) is 1.87. The van der Waals surface area contributed by atoms with Gasteiger partial charge in [0.1, 0.15) is 23.2 Å². The highest BCUT2D eigenvalue weighted by Gasteiger charge is 2.41. The van der Waals surface area contributed by atoms with Crippen molar-refractivity contribution >= 4 is 26.9 Å². The van der Waals surface area contributed by atoms with Gasteiger partial charge in [-0.25, -0.2) is 12.8 Å². The number of halogens is 4. The van der Waals surface area contributed by atoms with E-state index in [0.717, 1.165) is 10.4 Å². The number of amides is 1. The quantitative estimate of drug-likeness (QED) is 0.318. The number of pyridine rings is 1. The lowest BCUT2D eigenvalue weighted by Crippen LogP contribution is -2.45. The number of rotatable bonds is 7. The van der Waals surface area contributed by atoms with Crippen molar-refractivity contribution in [1.82, 2.24) is 14.6 Å². The average molecular weight is 564 g/mol. The smallest absolute Gasteiger partial charge is 0.443 e. The molecule has 1 aliphatic rings. The lowest BCUT2D eigenvalue weighted by atomic mass is 10.1. The van der Waals surface area contributed by atoms with Crippen LogP contribution in [0.4, 0.5) is 17.6 Å². The summed E-state index contributed by atoms with van der Waals surface area (Å²) >= 11 is 0. The van der Waals surface area contributed by atoms with E-state index in [-0.39, 0.29) is 29.5 Å². The first-order chi connectivity index (χ1) is 18.5. The Morgan fingerprint density at radius 3 is 2.62 bits per heavy atom. The highest BCUT2D eigenvalue weighted by atomic mass is 32.2. The summed E-state index contributed by atoms with van der Waals surface area (Å²) in [6.45, 7) is 0.192. The summed E-state index contributed by atoms with van der Waals surface area (Å²) in [6.07, 6.45) is -2.52. The minimum atomic E-state index is -4.79. The zero-order valence-electron chi connectivity index (χ0n) is 20.1. The molecule has 204 valence electrons. The van der Waals surface area contributed by atoms with Gasteiger partial charge in [-0.2, -0.15) is 4.31 Å². The van der Waals surface area contributed by atoms with Crippen LogP contribution in [0.25, 0.3) is 22.2 Å². The lowest BCUT2D eigenvalue weighted by molar-refractivity contribution is -0.274. The Balaban J connectivity index is 1.26. The van der Waals surface area contributed by atoms with Crippen LogP contribution in [0.2, 0.25) is 0 Å². The molecule has 0 bridgehead atoms. The molecule has 0 saturated carbocycles. The van der Waals surface area contributed by atoms with E-state index in [9.17, 15) is 30.8 Å². The molecule has 0 aliphatic carbocycles. The van der Waals surface area contributed by atoms with Crippen LogP contribution in [0.15, 0.2) is 76.4 Å². The van der Waals surface area contributed by atoms with Gasteiger partial charge in [0.15, 0.2) is 0 Å². The molecule has 2 aromatic heterocycles. The Bertz CT molecular complexity index is 1620. The van der Waals surface area contributed by atoms with Gasteiger partial charge in [0.25, 0.3) is 10.0 Å².